The molecule has 1 rings (SSSR count). The molecule has 26 heavy (non-hydrogen) atoms. The number of carbonyl (C=O) groups excluding carboxylic acids is 1. The third-order valence-electron chi connectivity index (χ3n) is 1.98. The van der Waals surface area contributed by atoms with E-state index in [2.05, 4.69) is 93.8 Å². The first-order valence-corrected chi connectivity index (χ1v) is 6.34. The molecule has 0 aliphatic rings. The molecule has 0 spiro atoms. The lowest BCUT2D eigenvalue weighted by atomic mass is 10.4. The number of rotatable bonds is 1. The number of nitro groups is 1. The lowest BCUT2D eigenvalue weighted by Crippen LogP contribution is -2.04. The molecule has 6 heteroatoms. The van der Waals surface area contributed by atoms with Crippen molar-refractivity contribution < 1.29 is 9.72 Å². The monoisotopic (exact) mass is 333 g/mol. The first kappa shape index (κ1) is 18.8. The van der Waals surface area contributed by atoms with Gasteiger partial charge >= 0.3 is 11.7 Å². The van der Waals surface area contributed by atoms with Crippen molar-refractivity contribution in [2.75, 3.05) is 0 Å². The maximum Gasteiger partial charge on any atom is 0.382 e. The second-order valence-corrected chi connectivity index (χ2v) is 3.60. The van der Waals surface area contributed by atoms with Gasteiger partial charge in [0, 0.05) is 5.92 Å². The summed E-state index contributed by atoms with van der Waals surface area (Å²) in [6, 6.07) is 0. The molecule has 6 nitrogen and oxygen atoms in total. The largest absolute Gasteiger partial charge is 0.382 e. The Balaban J connectivity index is 2.57. The van der Waals surface area contributed by atoms with E-state index < -0.39 is 16.6 Å². The van der Waals surface area contributed by atoms with Crippen LogP contribution in [0.4, 0.5) is 5.82 Å². The van der Waals surface area contributed by atoms with Crippen molar-refractivity contribution in [3.05, 3.63) is 22.6 Å². The highest BCUT2D eigenvalue weighted by Gasteiger charge is 2.12. The minimum Gasteiger partial charge on any atom is -0.358 e. The maximum absolute atomic E-state index is 11.6. The lowest BCUT2D eigenvalue weighted by molar-refractivity contribution is -0.389. The molecule has 0 aliphatic heterocycles. The van der Waals surface area contributed by atoms with Crippen LogP contribution in [0.25, 0.3) is 0 Å². The first-order valence-electron chi connectivity index (χ1n) is 6.34. The summed E-state index contributed by atoms with van der Waals surface area (Å²) in [4.78, 5) is 24.7. The first-order chi connectivity index (χ1) is 12.6. The van der Waals surface area contributed by atoms with E-state index >= 15 is 0 Å². The molecule has 0 amide bonds. The number of terminal acetylenes is 1. The lowest BCUT2D eigenvalue weighted by Gasteiger charge is -1.86. The molecule has 0 bridgehead atoms. The fourth-order valence-electron chi connectivity index (χ4n) is 1.05. The zero-order valence-electron chi connectivity index (χ0n) is 12.8. The highest BCUT2D eigenvalue weighted by atomic mass is 16.6. The van der Waals surface area contributed by atoms with Gasteiger partial charge in [-0.2, -0.15) is 0 Å². The number of carbonyl (C=O) groups is 1. The fraction of sp³-hybridized carbons (Fsp3) is 0. The topological polar surface area (TPSA) is 78.0 Å². The summed E-state index contributed by atoms with van der Waals surface area (Å²) >= 11 is 0. The van der Waals surface area contributed by atoms with Gasteiger partial charge in [0.1, 0.15) is 6.20 Å². The Morgan fingerprint density at radius 3 is 1.81 bits per heavy atom. The minimum absolute atomic E-state index is 0.453. The molecule has 0 saturated carbocycles. The van der Waals surface area contributed by atoms with Crippen LogP contribution >= 0.6 is 0 Å². The van der Waals surface area contributed by atoms with Crippen molar-refractivity contribution in [2.45, 2.75) is 0 Å². The summed E-state index contributed by atoms with van der Waals surface area (Å²) in [5.41, 5.74) is 0. The van der Waals surface area contributed by atoms with Crippen LogP contribution < -0.4 is 0 Å². The van der Waals surface area contributed by atoms with Crippen molar-refractivity contribution in [3.8, 4) is 95.2 Å². The summed E-state index contributed by atoms with van der Waals surface area (Å²) in [7, 11) is 0. The van der Waals surface area contributed by atoms with E-state index in [1.807, 2.05) is 0 Å². The maximum atomic E-state index is 11.6. The highest BCUT2D eigenvalue weighted by molar-refractivity contribution is 5.96. The Labute approximate surface area is 149 Å². The van der Waals surface area contributed by atoms with Crippen LogP contribution in [0, 0.1) is 105 Å². The minimum atomic E-state index is -0.724. The van der Waals surface area contributed by atoms with Gasteiger partial charge in [-0.1, -0.05) is 0 Å². The third-order valence-corrected chi connectivity index (χ3v) is 1.98. The Morgan fingerprint density at radius 2 is 1.38 bits per heavy atom. The molecule has 0 aliphatic carbocycles. The molecule has 1 aromatic heterocycles. The number of hydrogen-bond acceptors (Lipinski definition) is 4. The van der Waals surface area contributed by atoms with Gasteiger partial charge in [0.25, 0.3) is 0 Å². The molecule has 0 aromatic carbocycles. The van der Waals surface area contributed by atoms with E-state index in [0.717, 1.165) is 17.1 Å². The molecule has 0 N–H and O–H groups in total. The number of aromatic nitrogens is 2. The van der Waals surface area contributed by atoms with Crippen LogP contribution in [0.5, 0.6) is 0 Å². The summed E-state index contributed by atoms with van der Waals surface area (Å²) in [6.07, 6.45) is 6.84. The molecule has 0 unspecified atom stereocenters. The van der Waals surface area contributed by atoms with Gasteiger partial charge in [0.15, 0.2) is 0 Å². The van der Waals surface area contributed by atoms with Gasteiger partial charge in [-0.3, -0.25) is 4.79 Å². The highest BCUT2D eigenvalue weighted by Crippen LogP contribution is 2.04. The van der Waals surface area contributed by atoms with Gasteiger partial charge in [-0.15, -0.1) is 6.42 Å². The predicted molar refractivity (Wildman–Crippen MR) is 92.8 cm³/mol. The van der Waals surface area contributed by atoms with E-state index in [0.29, 0.717) is 0 Å². The summed E-state index contributed by atoms with van der Waals surface area (Å²) in [5, 5.41) is 10.4. The zero-order valence-corrected chi connectivity index (χ0v) is 12.8. The summed E-state index contributed by atoms with van der Waals surface area (Å²) in [5.74, 6) is 34.0. The Bertz CT molecular complexity index is 1230. The Kier molecular flexibility index (Phi) is 8.21. The van der Waals surface area contributed by atoms with Crippen LogP contribution in [0.3, 0.4) is 0 Å². The molecule has 0 atom stereocenters. The number of hydrogen-bond donors (Lipinski definition) is 0. The molecular weight excluding hydrogens is 330 g/mol. The molecule has 1 aromatic rings. The van der Waals surface area contributed by atoms with Crippen LogP contribution in [0.2, 0.25) is 0 Å². The van der Waals surface area contributed by atoms with Gasteiger partial charge in [-0.25, -0.2) is 4.57 Å². The summed E-state index contributed by atoms with van der Waals surface area (Å²) < 4.78 is 0.879. The van der Waals surface area contributed by atoms with Crippen LogP contribution in [-0.2, 0) is 0 Å². The molecule has 0 saturated heterocycles. The average Bonchev–Trinajstić information content (AvgIpc) is 3.12. The third kappa shape index (κ3) is 7.68. The van der Waals surface area contributed by atoms with E-state index in [9.17, 15) is 14.9 Å². The Morgan fingerprint density at radius 1 is 0.923 bits per heavy atom. The second kappa shape index (κ2) is 11.3. The van der Waals surface area contributed by atoms with E-state index in [4.69, 9.17) is 6.42 Å². The normalized spacial score (nSPS) is 6.27. The second-order valence-electron chi connectivity index (χ2n) is 3.60. The zero-order chi connectivity index (χ0) is 19.0. The smallest absolute Gasteiger partial charge is 0.358 e. The molecule has 1 heterocycles. The van der Waals surface area contributed by atoms with E-state index in [-0.39, 0.29) is 0 Å². The molecule has 116 valence electrons. The van der Waals surface area contributed by atoms with Crippen molar-refractivity contribution in [1.82, 2.24) is 9.55 Å². The van der Waals surface area contributed by atoms with Gasteiger partial charge in [-0.05, 0) is 92.8 Å². The van der Waals surface area contributed by atoms with Crippen molar-refractivity contribution >= 4 is 11.7 Å². The quantitative estimate of drug-likeness (QED) is 0.414. The van der Waals surface area contributed by atoms with Crippen LogP contribution in [0.1, 0.15) is 4.79 Å². The predicted octanol–water partition coefficient (Wildman–Crippen LogP) is 0.0885. The van der Waals surface area contributed by atoms with E-state index in [1.165, 1.54) is 0 Å². The molecular formula is C20H3N3O3. The van der Waals surface area contributed by atoms with Crippen LogP contribution in [-0.4, -0.2) is 20.4 Å². The van der Waals surface area contributed by atoms with Crippen molar-refractivity contribution in [3.63, 3.8) is 0 Å². The van der Waals surface area contributed by atoms with Gasteiger partial charge < -0.3 is 10.1 Å². The van der Waals surface area contributed by atoms with Crippen molar-refractivity contribution in [1.29, 1.82) is 0 Å². The van der Waals surface area contributed by atoms with Crippen LogP contribution in [0.15, 0.2) is 12.5 Å². The van der Waals surface area contributed by atoms with Crippen molar-refractivity contribution in [2.24, 2.45) is 0 Å². The van der Waals surface area contributed by atoms with E-state index in [1.54, 1.807) is 0 Å². The molecule has 0 fully saturated rings. The molecule has 0 radical (unpaired) electrons. The number of imidazole rings is 1. The standard InChI is InChI=1S/C20H3N3O3/c1-2-3-4-5-6-7-8-9-10-11-12-13-14-15-16-20(24)22-17-19(21-18-22)23(25)26/h1,17-18H. The van der Waals surface area contributed by atoms with Gasteiger partial charge in [0.2, 0.25) is 6.33 Å². The Hall–Kier alpha value is -5.24. The summed E-state index contributed by atoms with van der Waals surface area (Å²) in [6.45, 7) is 0. The average molecular weight is 333 g/mol. The fourth-order valence-corrected chi connectivity index (χ4v) is 1.05. The van der Waals surface area contributed by atoms with Gasteiger partial charge in [0.05, 0.1) is 0 Å². The number of nitrogens with zero attached hydrogens (tertiary/aromatic N) is 3. The SMILES string of the molecule is C#CC#CC#CC#CC#CC#CC#CC#CC(=O)n1cnc([N+](=O)[O-])c1.